The van der Waals surface area contributed by atoms with Crippen molar-refractivity contribution < 1.29 is 4.74 Å². The molecule has 0 spiro atoms. The van der Waals surface area contributed by atoms with Gasteiger partial charge in [-0.1, -0.05) is 77.6 Å². The molecule has 0 N–H and O–H groups in total. The van der Waals surface area contributed by atoms with Crippen LogP contribution in [0.1, 0.15) is 84.0 Å². The van der Waals surface area contributed by atoms with E-state index in [4.69, 9.17) is 4.74 Å². The molecule has 0 radical (unpaired) electrons. The molecule has 0 aliphatic carbocycles. The van der Waals surface area contributed by atoms with Gasteiger partial charge >= 0.3 is 0 Å². The minimum Gasteiger partial charge on any atom is -0.494 e. The Balaban J connectivity index is 1.92. The molecule has 2 heteroatoms. The van der Waals surface area contributed by atoms with Gasteiger partial charge in [0.05, 0.1) is 27.7 Å². The van der Waals surface area contributed by atoms with E-state index in [0.29, 0.717) is 0 Å². The summed E-state index contributed by atoms with van der Waals surface area (Å²) in [6, 6.07) is 8.52. The van der Waals surface area contributed by atoms with Crippen molar-refractivity contribution in [3.05, 3.63) is 24.3 Å². The minimum atomic E-state index is 0.846. The standard InChI is InChI=1S/C23H42NO/c1-5-6-7-8-9-10-11-12-13-14-15-16-21-25-23-19-17-22(18-20-23)24(2,3)4/h17-20H,5-16,21H2,1-4H3/q+1. The Morgan fingerprint density at radius 2 is 1.08 bits per heavy atom. The molecular weight excluding hydrogens is 306 g/mol. The molecule has 25 heavy (non-hydrogen) atoms. The normalized spacial score (nSPS) is 11.7. The van der Waals surface area contributed by atoms with Crippen LogP contribution in [0.2, 0.25) is 0 Å². The zero-order chi connectivity index (χ0) is 18.4. The predicted octanol–water partition coefficient (Wildman–Crippen LogP) is 6.96. The number of nitrogens with zero attached hydrogens (tertiary/aromatic N) is 1. The lowest BCUT2D eigenvalue weighted by Crippen LogP contribution is -2.34. The van der Waals surface area contributed by atoms with Crippen molar-refractivity contribution in [1.82, 2.24) is 4.48 Å². The highest BCUT2D eigenvalue weighted by Gasteiger charge is 2.11. The van der Waals surface area contributed by atoms with Crippen LogP contribution in [-0.4, -0.2) is 27.7 Å². The number of hydrogen-bond donors (Lipinski definition) is 0. The van der Waals surface area contributed by atoms with Crippen molar-refractivity contribution in [3.8, 4) is 5.75 Å². The van der Waals surface area contributed by atoms with E-state index in [2.05, 4.69) is 52.3 Å². The quantitative estimate of drug-likeness (QED) is 0.246. The van der Waals surface area contributed by atoms with Crippen molar-refractivity contribution in [2.45, 2.75) is 84.0 Å². The lowest BCUT2D eigenvalue weighted by Gasteiger charge is -2.23. The fourth-order valence-electron chi connectivity index (χ4n) is 3.12. The van der Waals surface area contributed by atoms with Gasteiger partial charge in [-0.2, -0.15) is 0 Å². The molecule has 0 saturated carbocycles. The first-order valence-electron chi connectivity index (χ1n) is 10.6. The van der Waals surface area contributed by atoms with E-state index in [9.17, 15) is 0 Å². The highest BCUT2D eigenvalue weighted by atomic mass is 16.5. The Bertz CT molecular complexity index is 419. The molecule has 1 aromatic rings. The highest BCUT2D eigenvalue weighted by molar-refractivity contribution is 5.44. The Hall–Kier alpha value is -1.02. The van der Waals surface area contributed by atoms with E-state index in [-0.39, 0.29) is 0 Å². The van der Waals surface area contributed by atoms with Crippen LogP contribution in [-0.2, 0) is 0 Å². The lowest BCUT2D eigenvalue weighted by molar-refractivity contribution is 0.304. The second-order valence-electron chi connectivity index (χ2n) is 8.24. The molecule has 0 bridgehead atoms. The maximum Gasteiger partial charge on any atom is 0.132 e. The molecule has 1 rings (SSSR count). The van der Waals surface area contributed by atoms with Crippen LogP contribution < -0.4 is 9.22 Å². The summed E-state index contributed by atoms with van der Waals surface area (Å²) in [7, 11) is 6.55. The Morgan fingerprint density at radius 1 is 0.640 bits per heavy atom. The molecule has 0 fully saturated rings. The molecule has 0 aliphatic rings. The Kier molecular flexibility index (Phi) is 11.6. The predicted molar refractivity (Wildman–Crippen MR) is 113 cm³/mol. The van der Waals surface area contributed by atoms with Gasteiger partial charge in [0.25, 0.3) is 0 Å². The average Bonchev–Trinajstić information content (AvgIpc) is 2.58. The number of benzene rings is 1. The molecule has 0 aliphatic heterocycles. The Labute approximate surface area is 157 Å². The van der Waals surface area contributed by atoms with Gasteiger partial charge in [0.15, 0.2) is 0 Å². The van der Waals surface area contributed by atoms with Crippen LogP contribution in [0.4, 0.5) is 5.69 Å². The summed E-state index contributed by atoms with van der Waals surface area (Å²) < 4.78 is 6.70. The van der Waals surface area contributed by atoms with Gasteiger partial charge in [0.2, 0.25) is 0 Å². The summed E-state index contributed by atoms with van der Waals surface area (Å²) in [5.41, 5.74) is 1.30. The van der Waals surface area contributed by atoms with Gasteiger partial charge in [0.1, 0.15) is 11.4 Å². The van der Waals surface area contributed by atoms with Crippen LogP contribution in [0.5, 0.6) is 5.75 Å². The number of unbranched alkanes of at least 4 members (excludes halogenated alkanes) is 11. The second-order valence-corrected chi connectivity index (χ2v) is 8.24. The van der Waals surface area contributed by atoms with Gasteiger partial charge in [-0.15, -0.1) is 0 Å². The topological polar surface area (TPSA) is 9.23 Å². The van der Waals surface area contributed by atoms with E-state index in [1.807, 2.05) is 0 Å². The molecule has 1 aromatic carbocycles. The van der Waals surface area contributed by atoms with Gasteiger partial charge in [-0.05, 0) is 18.6 Å². The maximum atomic E-state index is 5.86. The molecule has 0 aromatic heterocycles. The van der Waals surface area contributed by atoms with E-state index in [1.165, 1.54) is 82.7 Å². The van der Waals surface area contributed by atoms with Crippen molar-refractivity contribution >= 4 is 5.69 Å². The Morgan fingerprint density at radius 3 is 1.52 bits per heavy atom. The summed E-state index contributed by atoms with van der Waals surface area (Å²) in [6.07, 6.45) is 16.6. The van der Waals surface area contributed by atoms with Gasteiger partial charge < -0.3 is 4.74 Å². The number of quaternary nitrogens is 1. The SMILES string of the molecule is CCCCCCCCCCCCCCOc1ccc([N+](C)(C)C)cc1. The molecule has 0 saturated heterocycles. The highest BCUT2D eigenvalue weighted by Crippen LogP contribution is 2.21. The van der Waals surface area contributed by atoms with Gasteiger partial charge in [0, 0.05) is 12.1 Å². The zero-order valence-electron chi connectivity index (χ0n) is 17.4. The maximum absolute atomic E-state index is 5.86. The third-order valence-electron chi connectivity index (χ3n) is 4.88. The summed E-state index contributed by atoms with van der Waals surface area (Å²) in [4.78, 5) is 0. The minimum absolute atomic E-state index is 0.846. The first kappa shape index (κ1) is 22.0. The first-order chi connectivity index (χ1) is 12.0. The fourth-order valence-corrected chi connectivity index (χ4v) is 3.12. The van der Waals surface area contributed by atoms with E-state index in [1.54, 1.807) is 0 Å². The van der Waals surface area contributed by atoms with Crippen molar-refractivity contribution in [2.24, 2.45) is 0 Å². The number of ether oxygens (including phenoxy) is 1. The van der Waals surface area contributed by atoms with Crippen LogP contribution in [0.3, 0.4) is 0 Å². The van der Waals surface area contributed by atoms with Gasteiger partial charge in [-0.25, -0.2) is 0 Å². The molecule has 2 nitrogen and oxygen atoms in total. The van der Waals surface area contributed by atoms with Gasteiger partial charge in [-0.3, -0.25) is 4.48 Å². The van der Waals surface area contributed by atoms with Crippen LogP contribution in [0.25, 0.3) is 0 Å². The third-order valence-corrected chi connectivity index (χ3v) is 4.88. The molecule has 144 valence electrons. The lowest BCUT2D eigenvalue weighted by atomic mass is 10.1. The summed E-state index contributed by atoms with van der Waals surface area (Å²) in [5, 5.41) is 0. The number of hydrogen-bond acceptors (Lipinski definition) is 1. The first-order valence-corrected chi connectivity index (χ1v) is 10.6. The van der Waals surface area contributed by atoms with Crippen molar-refractivity contribution in [3.63, 3.8) is 0 Å². The summed E-state index contributed by atoms with van der Waals surface area (Å²) in [6.45, 7) is 3.13. The average molecular weight is 349 g/mol. The van der Waals surface area contributed by atoms with Crippen LogP contribution in [0.15, 0.2) is 24.3 Å². The van der Waals surface area contributed by atoms with Crippen LogP contribution >= 0.6 is 0 Å². The molecular formula is C23H42NO+. The second kappa shape index (κ2) is 13.2. The fraction of sp³-hybridized carbons (Fsp3) is 0.739. The smallest absolute Gasteiger partial charge is 0.132 e. The van der Waals surface area contributed by atoms with E-state index in [0.717, 1.165) is 16.8 Å². The molecule has 0 amide bonds. The van der Waals surface area contributed by atoms with Crippen molar-refractivity contribution in [2.75, 3.05) is 27.7 Å². The zero-order valence-corrected chi connectivity index (χ0v) is 17.4. The summed E-state index contributed by atoms with van der Waals surface area (Å²) >= 11 is 0. The van der Waals surface area contributed by atoms with E-state index < -0.39 is 0 Å². The van der Waals surface area contributed by atoms with Crippen LogP contribution in [0, 0.1) is 0 Å². The van der Waals surface area contributed by atoms with Crippen molar-refractivity contribution in [1.29, 1.82) is 0 Å². The monoisotopic (exact) mass is 348 g/mol. The molecule has 0 heterocycles. The van der Waals surface area contributed by atoms with E-state index >= 15 is 0 Å². The third kappa shape index (κ3) is 11.3. The largest absolute Gasteiger partial charge is 0.494 e. The number of rotatable bonds is 15. The summed E-state index contributed by atoms with van der Waals surface area (Å²) in [5.74, 6) is 1.00. The molecule has 0 atom stereocenters. The molecule has 0 unspecified atom stereocenters.